The van der Waals surface area contributed by atoms with Crippen molar-refractivity contribution >= 4 is 21.5 Å². The number of unbranched alkanes of at least 4 members (excludes halogenated alkanes) is 45. The van der Waals surface area contributed by atoms with Gasteiger partial charge in [0.15, 0.2) is 0 Å². The zero-order valence-corrected chi connectivity index (χ0v) is 59.5. The van der Waals surface area contributed by atoms with Crippen LogP contribution in [0.3, 0.4) is 0 Å². The molecular weight excluding hydrogens is 1020 g/mol. The van der Waals surface area contributed by atoms with Crippen molar-refractivity contribution in [2.45, 2.75) is 416 Å². The van der Waals surface area contributed by atoms with Crippen molar-refractivity contribution in [3.63, 3.8) is 0 Å². The minimum absolute atomic E-state index is 1.04. The zero-order valence-electron chi connectivity index (χ0n) is 56.9. The quantitative estimate of drug-likeness (QED) is 0.0487. The normalized spacial score (nSPS) is 13.9. The predicted octanol–water partition coefficient (Wildman–Crippen LogP) is 28.3. The van der Waals surface area contributed by atoms with E-state index in [1.807, 2.05) is 0 Å². The van der Waals surface area contributed by atoms with Gasteiger partial charge in [-0.3, -0.25) is 0 Å². The first-order valence-electron chi connectivity index (χ1n) is 37.2. The van der Waals surface area contributed by atoms with Crippen LogP contribution in [0.2, 0.25) is 0 Å². The predicted molar refractivity (Wildman–Crippen MR) is 371 cm³/mol. The standard InChI is InChI=1S/C64H137O4P3.C8H18/c1-9-17-25-33-35-37-39-41-43-45-47-55-63-70(57-49-27-19-11-3,58-50-28-20-12-4,59-51-29-21-13-5)67-69(65,66)68-71(60-52-30-22-14-6,61-53-31-23-15-7,62-54-32-24-16-8)64-56-48-46-44-42-40-38-36-34-26-18-10-2;1-3-5-7-8-6-4-2/h9-64H2,1-8H3,(H,65,66);3-8H2,1-2H3. The van der Waals surface area contributed by atoms with E-state index >= 15 is 4.57 Å². The van der Waals surface area contributed by atoms with Crippen molar-refractivity contribution in [2.75, 3.05) is 49.3 Å². The molecule has 79 heavy (non-hydrogen) atoms. The molecule has 0 aromatic carbocycles. The molecule has 7 heteroatoms. The number of hydrogen-bond donors (Lipinski definition) is 1. The van der Waals surface area contributed by atoms with E-state index in [-0.39, 0.29) is 0 Å². The molecule has 1 N–H and O–H groups in total. The molecule has 0 aliphatic rings. The second-order valence-electron chi connectivity index (χ2n) is 26.7. The first-order chi connectivity index (χ1) is 38.4. The Kier molecular flexibility index (Phi) is 60.2. The van der Waals surface area contributed by atoms with Crippen molar-refractivity contribution in [3.05, 3.63) is 0 Å². The minimum Gasteiger partial charge on any atom is -0.0654 e. The second kappa shape index (κ2) is 58.0. The summed E-state index contributed by atoms with van der Waals surface area (Å²) in [5.74, 6) is 0. The van der Waals surface area contributed by atoms with Gasteiger partial charge >= 0.3 is 426 Å². The van der Waals surface area contributed by atoms with E-state index < -0.39 is 21.5 Å². The molecule has 0 unspecified atom stereocenters. The fourth-order valence-corrected chi connectivity index (χ4v) is 32.0. The molecule has 0 aromatic rings. The maximum absolute atomic E-state index is 16.2. The van der Waals surface area contributed by atoms with Gasteiger partial charge in [0.05, 0.1) is 0 Å². The first-order valence-corrected chi connectivity index (χ1v) is 44.5. The van der Waals surface area contributed by atoms with Gasteiger partial charge in [-0.25, -0.2) is 0 Å². The molecule has 0 aromatic heterocycles. The first kappa shape index (κ1) is 82.0. The molecule has 0 fully saturated rings. The van der Waals surface area contributed by atoms with Crippen molar-refractivity contribution in [2.24, 2.45) is 0 Å². The summed E-state index contributed by atoms with van der Waals surface area (Å²) in [6, 6.07) is 0. The fraction of sp³-hybridized carbons (Fsp3) is 1.00. The average Bonchev–Trinajstić information content (AvgIpc) is 3.51. The summed E-state index contributed by atoms with van der Waals surface area (Å²) in [6.45, 7) is 16.7. The Hall–Kier alpha value is 0.970. The molecule has 4 nitrogen and oxygen atoms in total. The third kappa shape index (κ3) is 46.8. The van der Waals surface area contributed by atoms with Gasteiger partial charge < -0.3 is 0 Å². The van der Waals surface area contributed by atoms with E-state index in [1.54, 1.807) is 0 Å². The Balaban J connectivity index is 0. The molecular formula is C72H155O4P3. The molecule has 0 aliphatic carbocycles. The number of hydrogen-bond acceptors (Lipinski definition) is 3. The molecule has 0 aliphatic heterocycles. The maximum atomic E-state index is 16.2. The summed E-state index contributed by atoms with van der Waals surface area (Å²) in [5.41, 5.74) is 0. The number of phosphoric acid groups is 1. The monoisotopic (exact) mass is 1180 g/mol. The SMILES string of the molecule is CCCCCCCC.CCCCCCCCCCCCCCP(CCCCCC)(CCCCCC)(CCCCCC)OP(=O)(O)OP(CCCCCC)(CCCCCC)(CCCCCC)CCCCCCCCCCCCCC. The molecule has 0 bridgehead atoms. The van der Waals surface area contributed by atoms with E-state index in [1.165, 1.54) is 295 Å². The van der Waals surface area contributed by atoms with Gasteiger partial charge in [-0.1, -0.05) is 79.1 Å². The summed E-state index contributed by atoms with van der Waals surface area (Å²) in [7, 11) is -4.45. The van der Waals surface area contributed by atoms with Gasteiger partial charge in [-0.05, 0) is 0 Å². The molecule has 0 atom stereocenters. The molecule has 0 rings (SSSR count). The van der Waals surface area contributed by atoms with E-state index in [4.69, 9.17) is 8.62 Å². The van der Waals surface area contributed by atoms with Gasteiger partial charge in [-0.15, -0.1) is 0 Å². The summed E-state index contributed by atoms with van der Waals surface area (Å²) < 4.78 is 31.8. The van der Waals surface area contributed by atoms with Crippen LogP contribution in [-0.4, -0.2) is 54.2 Å². The van der Waals surface area contributed by atoms with Crippen LogP contribution in [0, 0.1) is 0 Å². The Morgan fingerprint density at radius 2 is 0.304 bits per heavy atom. The van der Waals surface area contributed by atoms with Crippen molar-refractivity contribution in [3.8, 4) is 0 Å². The third-order valence-corrected chi connectivity index (χ3v) is 35.7. The molecule has 0 saturated heterocycles. The Labute approximate surface area is 502 Å². The van der Waals surface area contributed by atoms with Gasteiger partial charge in [0, 0.05) is 0 Å². The smallest absolute Gasteiger partial charge is 0.0654 e. The summed E-state index contributed by atoms with van der Waals surface area (Å²) >= 11 is 0. The van der Waals surface area contributed by atoms with Gasteiger partial charge in [0.25, 0.3) is 0 Å². The van der Waals surface area contributed by atoms with Crippen LogP contribution in [0.25, 0.3) is 0 Å². The fourth-order valence-electron chi connectivity index (χ4n) is 13.5. The van der Waals surface area contributed by atoms with Crippen LogP contribution in [-0.2, 0) is 13.2 Å². The van der Waals surface area contributed by atoms with Gasteiger partial charge in [0.2, 0.25) is 0 Å². The minimum atomic E-state index is -4.45. The molecule has 0 heterocycles. The van der Waals surface area contributed by atoms with Crippen LogP contribution >= 0.6 is 21.5 Å². The Bertz CT molecular complexity index is 1100. The van der Waals surface area contributed by atoms with Crippen molar-refractivity contribution in [1.82, 2.24) is 0 Å². The Morgan fingerprint density at radius 3 is 0.430 bits per heavy atom. The Morgan fingerprint density at radius 1 is 0.203 bits per heavy atom. The molecule has 0 spiro atoms. The van der Waals surface area contributed by atoms with Crippen molar-refractivity contribution in [1.29, 1.82) is 0 Å². The van der Waals surface area contributed by atoms with E-state index in [0.29, 0.717) is 0 Å². The van der Waals surface area contributed by atoms with Gasteiger partial charge in [-0.2, -0.15) is 0 Å². The zero-order chi connectivity index (χ0) is 58.6. The molecule has 0 amide bonds. The average molecular weight is 1180 g/mol. The van der Waals surface area contributed by atoms with Crippen molar-refractivity contribution < 1.29 is 18.1 Å². The summed E-state index contributed by atoms with van der Waals surface area (Å²) in [6.07, 6.45) is 77.8. The van der Waals surface area contributed by atoms with Crippen LogP contribution in [0.4, 0.5) is 0 Å². The topological polar surface area (TPSA) is 55.8 Å². The molecule has 0 saturated carbocycles. The number of rotatable bonds is 65. The van der Waals surface area contributed by atoms with E-state index in [2.05, 4.69) is 69.2 Å². The van der Waals surface area contributed by atoms with Crippen LogP contribution in [0.5, 0.6) is 0 Å². The van der Waals surface area contributed by atoms with Crippen LogP contribution in [0.1, 0.15) is 416 Å². The summed E-state index contributed by atoms with van der Waals surface area (Å²) in [5, 5.41) is 0. The molecule has 482 valence electrons. The van der Waals surface area contributed by atoms with Crippen LogP contribution < -0.4 is 0 Å². The molecule has 0 radical (unpaired) electrons. The van der Waals surface area contributed by atoms with Gasteiger partial charge in [0.1, 0.15) is 0 Å². The van der Waals surface area contributed by atoms with E-state index in [0.717, 1.165) is 101 Å². The second-order valence-corrected chi connectivity index (χ2v) is 39.9. The van der Waals surface area contributed by atoms with Crippen LogP contribution in [0.15, 0.2) is 0 Å². The third-order valence-electron chi connectivity index (χ3n) is 18.7. The summed E-state index contributed by atoms with van der Waals surface area (Å²) in [4.78, 5) is 13.3. The van der Waals surface area contributed by atoms with E-state index in [9.17, 15) is 4.89 Å².